The van der Waals surface area contributed by atoms with Gasteiger partial charge in [-0.15, -0.1) is 0 Å². The summed E-state index contributed by atoms with van der Waals surface area (Å²) in [6.45, 7) is 5.38. The second kappa shape index (κ2) is 4.35. The molecule has 1 aromatic heterocycles. The third kappa shape index (κ3) is 2.25. The van der Waals surface area contributed by atoms with Crippen LogP contribution in [0.4, 0.5) is 11.9 Å². The van der Waals surface area contributed by atoms with Crippen LogP contribution in [0.1, 0.15) is 26.7 Å². The molecule has 1 N–H and O–H groups in total. The Morgan fingerprint density at radius 2 is 2.06 bits per heavy atom. The van der Waals surface area contributed by atoms with Gasteiger partial charge >= 0.3 is 6.01 Å². The van der Waals surface area contributed by atoms with Gasteiger partial charge in [0.25, 0.3) is 0 Å². The quantitative estimate of drug-likeness (QED) is 0.855. The molecular weight excluding hydrogens is 218 g/mol. The molecule has 6 heteroatoms. The molecule has 1 aromatic rings. The molecular formula is C11H19N5O. The number of hydrogen-bond donors (Lipinski definition) is 1. The molecule has 0 amide bonds. The van der Waals surface area contributed by atoms with E-state index in [9.17, 15) is 0 Å². The van der Waals surface area contributed by atoms with E-state index >= 15 is 0 Å². The van der Waals surface area contributed by atoms with Crippen LogP contribution in [0.2, 0.25) is 0 Å². The third-order valence-corrected chi connectivity index (χ3v) is 3.15. The van der Waals surface area contributed by atoms with Gasteiger partial charge in [-0.05, 0) is 26.7 Å². The standard InChI is InChI=1S/C11H19N5O/c1-11(2)6-5-7-16(11)9-13-8(12-3)14-10(15-9)17-4/h5-7H2,1-4H3,(H,12,13,14,15). The molecule has 2 heterocycles. The van der Waals surface area contributed by atoms with Gasteiger partial charge in [-0.1, -0.05) is 0 Å². The monoisotopic (exact) mass is 237 g/mol. The Labute approximate surface area is 101 Å². The molecule has 0 radical (unpaired) electrons. The Bertz CT molecular complexity index is 385. The summed E-state index contributed by atoms with van der Waals surface area (Å²) in [6.07, 6.45) is 2.31. The molecule has 0 unspecified atom stereocenters. The average Bonchev–Trinajstić information content (AvgIpc) is 2.68. The van der Waals surface area contributed by atoms with Crippen molar-refractivity contribution in [3.8, 4) is 6.01 Å². The largest absolute Gasteiger partial charge is 0.467 e. The second-order valence-corrected chi connectivity index (χ2v) is 4.76. The zero-order valence-electron chi connectivity index (χ0n) is 10.8. The molecule has 1 aliphatic heterocycles. The Morgan fingerprint density at radius 3 is 2.59 bits per heavy atom. The van der Waals surface area contributed by atoms with Crippen LogP contribution in [-0.4, -0.2) is 41.2 Å². The van der Waals surface area contributed by atoms with Crippen LogP contribution >= 0.6 is 0 Å². The minimum absolute atomic E-state index is 0.0946. The summed E-state index contributed by atoms with van der Waals surface area (Å²) in [7, 11) is 3.35. The van der Waals surface area contributed by atoms with Crippen LogP contribution in [0.15, 0.2) is 0 Å². The number of hydrogen-bond acceptors (Lipinski definition) is 6. The highest BCUT2D eigenvalue weighted by molar-refractivity contribution is 5.41. The zero-order valence-corrected chi connectivity index (χ0v) is 10.8. The lowest BCUT2D eigenvalue weighted by Gasteiger charge is -2.31. The Hall–Kier alpha value is -1.59. The maximum absolute atomic E-state index is 5.10. The topological polar surface area (TPSA) is 63.2 Å². The minimum atomic E-state index is 0.0946. The molecule has 0 bridgehead atoms. The van der Waals surface area contributed by atoms with E-state index in [4.69, 9.17) is 4.74 Å². The van der Waals surface area contributed by atoms with E-state index in [2.05, 4.69) is 39.0 Å². The highest BCUT2D eigenvalue weighted by Gasteiger charge is 2.34. The molecule has 94 valence electrons. The first-order valence-corrected chi connectivity index (χ1v) is 5.82. The Kier molecular flexibility index (Phi) is 3.04. The predicted octanol–water partition coefficient (Wildman–Crippen LogP) is 1.30. The fraction of sp³-hybridized carbons (Fsp3) is 0.727. The smallest absolute Gasteiger partial charge is 0.322 e. The predicted molar refractivity (Wildman–Crippen MR) is 66.6 cm³/mol. The molecule has 2 rings (SSSR count). The summed E-state index contributed by atoms with van der Waals surface area (Å²) >= 11 is 0. The van der Waals surface area contributed by atoms with Crippen LogP contribution in [0.3, 0.4) is 0 Å². The molecule has 1 aliphatic rings. The van der Waals surface area contributed by atoms with E-state index in [-0.39, 0.29) is 5.54 Å². The van der Waals surface area contributed by atoms with Gasteiger partial charge in [-0.25, -0.2) is 0 Å². The van der Waals surface area contributed by atoms with Gasteiger partial charge in [0.1, 0.15) is 0 Å². The molecule has 0 spiro atoms. The summed E-state index contributed by atoms with van der Waals surface area (Å²) in [5, 5.41) is 2.92. The van der Waals surface area contributed by atoms with Crippen molar-refractivity contribution >= 4 is 11.9 Å². The number of aromatic nitrogens is 3. The second-order valence-electron chi connectivity index (χ2n) is 4.76. The first-order chi connectivity index (χ1) is 8.06. The molecule has 0 saturated carbocycles. The number of rotatable bonds is 3. The van der Waals surface area contributed by atoms with Crippen molar-refractivity contribution in [1.29, 1.82) is 0 Å². The SMILES string of the molecule is CNc1nc(OC)nc(N2CCCC2(C)C)n1. The van der Waals surface area contributed by atoms with E-state index in [1.165, 1.54) is 0 Å². The number of anilines is 2. The van der Waals surface area contributed by atoms with Crippen molar-refractivity contribution in [3.05, 3.63) is 0 Å². The van der Waals surface area contributed by atoms with Crippen LogP contribution in [0, 0.1) is 0 Å². The third-order valence-electron chi connectivity index (χ3n) is 3.15. The van der Waals surface area contributed by atoms with Crippen LogP contribution < -0.4 is 15.0 Å². The molecule has 6 nitrogen and oxygen atoms in total. The van der Waals surface area contributed by atoms with E-state index < -0.39 is 0 Å². The van der Waals surface area contributed by atoms with Crippen molar-refractivity contribution in [1.82, 2.24) is 15.0 Å². The zero-order chi connectivity index (χ0) is 12.5. The van der Waals surface area contributed by atoms with Crippen molar-refractivity contribution in [2.24, 2.45) is 0 Å². The lowest BCUT2D eigenvalue weighted by molar-refractivity contribution is 0.377. The number of nitrogens with one attached hydrogen (secondary N) is 1. The summed E-state index contributed by atoms with van der Waals surface area (Å²) < 4.78 is 5.10. The van der Waals surface area contributed by atoms with Crippen LogP contribution in [0.25, 0.3) is 0 Å². The number of ether oxygens (including phenoxy) is 1. The van der Waals surface area contributed by atoms with Crippen LogP contribution in [-0.2, 0) is 0 Å². The average molecular weight is 237 g/mol. The van der Waals surface area contributed by atoms with E-state index in [1.54, 1.807) is 14.2 Å². The van der Waals surface area contributed by atoms with Gasteiger partial charge < -0.3 is 15.0 Å². The van der Waals surface area contributed by atoms with E-state index in [0.29, 0.717) is 17.9 Å². The highest BCUT2D eigenvalue weighted by atomic mass is 16.5. The highest BCUT2D eigenvalue weighted by Crippen LogP contribution is 2.32. The maximum atomic E-state index is 5.10. The molecule has 0 aromatic carbocycles. The van der Waals surface area contributed by atoms with Crippen molar-refractivity contribution in [3.63, 3.8) is 0 Å². The van der Waals surface area contributed by atoms with Crippen molar-refractivity contribution < 1.29 is 4.74 Å². The van der Waals surface area contributed by atoms with Crippen LogP contribution in [0.5, 0.6) is 6.01 Å². The van der Waals surface area contributed by atoms with E-state index in [1.807, 2.05) is 0 Å². The maximum Gasteiger partial charge on any atom is 0.322 e. The molecule has 0 atom stereocenters. The van der Waals surface area contributed by atoms with E-state index in [0.717, 1.165) is 19.4 Å². The first kappa shape index (κ1) is 11.9. The summed E-state index contributed by atoms with van der Waals surface area (Å²) in [5.41, 5.74) is 0.0946. The van der Waals surface area contributed by atoms with Gasteiger partial charge in [-0.3, -0.25) is 0 Å². The fourth-order valence-corrected chi connectivity index (χ4v) is 2.15. The lowest BCUT2D eigenvalue weighted by atomic mass is 10.0. The summed E-state index contributed by atoms with van der Waals surface area (Å²) in [6, 6.07) is 0.349. The number of nitrogens with zero attached hydrogens (tertiary/aromatic N) is 4. The summed E-state index contributed by atoms with van der Waals surface area (Å²) in [5.74, 6) is 1.22. The van der Waals surface area contributed by atoms with Gasteiger partial charge in [-0.2, -0.15) is 15.0 Å². The van der Waals surface area contributed by atoms with Crippen molar-refractivity contribution in [2.45, 2.75) is 32.2 Å². The molecule has 0 aliphatic carbocycles. The van der Waals surface area contributed by atoms with Gasteiger partial charge in [0.2, 0.25) is 11.9 Å². The first-order valence-electron chi connectivity index (χ1n) is 5.82. The van der Waals surface area contributed by atoms with Gasteiger partial charge in [0, 0.05) is 19.1 Å². The Morgan fingerprint density at radius 1 is 1.29 bits per heavy atom. The number of methoxy groups -OCH3 is 1. The fourth-order valence-electron chi connectivity index (χ4n) is 2.15. The summed E-state index contributed by atoms with van der Waals surface area (Å²) in [4.78, 5) is 15.0. The Balaban J connectivity index is 2.37. The van der Waals surface area contributed by atoms with Gasteiger partial charge in [0.05, 0.1) is 7.11 Å². The van der Waals surface area contributed by atoms with Crippen molar-refractivity contribution in [2.75, 3.05) is 30.9 Å². The van der Waals surface area contributed by atoms with Gasteiger partial charge in [0.15, 0.2) is 0 Å². The molecule has 1 fully saturated rings. The molecule has 1 saturated heterocycles. The lowest BCUT2D eigenvalue weighted by Crippen LogP contribution is -2.39. The normalized spacial score (nSPS) is 18.2. The minimum Gasteiger partial charge on any atom is -0.467 e. The molecule has 17 heavy (non-hydrogen) atoms.